The Morgan fingerprint density at radius 3 is 2.58 bits per heavy atom. The Kier molecular flexibility index (Phi) is 5.85. The van der Waals surface area contributed by atoms with Gasteiger partial charge in [0.05, 0.1) is 11.3 Å². The summed E-state index contributed by atoms with van der Waals surface area (Å²) in [6.45, 7) is 0. The molecule has 3 aromatic rings. The van der Waals surface area contributed by atoms with Crippen LogP contribution >= 0.6 is 23.4 Å². The third-order valence-corrected chi connectivity index (χ3v) is 5.13. The van der Waals surface area contributed by atoms with E-state index < -0.39 is 0 Å². The van der Waals surface area contributed by atoms with Gasteiger partial charge >= 0.3 is 0 Å². The molecule has 0 spiro atoms. The summed E-state index contributed by atoms with van der Waals surface area (Å²) in [5, 5.41) is 1.53. The van der Waals surface area contributed by atoms with Crippen LogP contribution in [0.25, 0.3) is 10.9 Å². The Morgan fingerprint density at radius 1 is 1.08 bits per heavy atom. The van der Waals surface area contributed by atoms with Gasteiger partial charge < -0.3 is 4.57 Å². The third-order valence-electron chi connectivity index (χ3n) is 3.87. The molecule has 0 bridgehead atoms. The first-order valence-corrected chi connectivity index (χ1v) is 9.53. The Hall–Kier alpha value is -2.44. The number of hydrogen-bond donors (Lipinski definition) is 2. The highest BCUT2D eigenvalue weighted by Gasteiger charge is 2.14. The number of para-hydroxylation sites is 1. The molecule has 0 saturated heterocycles. The summed E-state index contributed by atoms with van der Waals surface area (Å²) in [4.78, 5) is 24.3. The van der Waals surface area contributed by atoms with E-state index in [0.717, 1.165) is 16.5 Å². The summed E-state index contributed by atoms with van der Waals surface area (Å²) < 4.78 is 1.88. The lowest BCUT2D eigenvalue weighted by Crippen LogP contribution is -2.42. The van der Waals surface area contributed by atoms with E-state index in [1.807, 2.05) is 60.1 Å². The minimum Gasteiger partial charge on any atom is -0.350 e. The second kappa shape index (κ2) is 8.29. The molecular weight excluding hydrogens is 370 g/mol. The van der Waals surface area contributed by atoms with Gasteiger partial charge in [0.25, 0.3) is 5.91 Å². The lowest BCUT2D eigenvalue weighted by molar-refractivity contribution is -0.119. The normalized spacial score (nSPS) is 10.7. The van der Waals surface area contributed by atoms with Crippen molar-refractivity contribution in [1.82, 2.24) is 15.4 Å². The van der Waals surface area contributed by atoms with Crippen molar-refractivity contribution < 1.29 is 9.59 Å². The van der Waals surface area contributed by atoms with Crippen LogP contribution in [0.3, 0.4) is 0 Å². The van der Waals surface area contributed by atoms with Gasteiger partial charge in [-0.2, -0.15) is 0 Å². The molecule has 2 amide bonds. The van der Waals surface area contributed by atoms with Gasteiger partial charge in [-0.05, 0) is 23.8 Å². The van der Waals surface area contributed by atoms with Crippen LogP contribution in [0.1, 0.15) is 15.9 Å². The summed E-state index contributed by atoms with van der Waals surface area (Å²) in [6, 6.07) is 15.1. The SMILES string of the molecule is Cn1cc(C(=O)NNC(=O)CSCc2ccc(Cl)cc2)c2ccccc21. The van der Waals surface area contributed by atoms with Crippen molar-refractivity contribution in [2.45, 2.75) is 5.75 Å². The van der Waals surface area contributed by atoms with Gasteiger partial charge in [0.15, 0.2) is 0 Å². The number of amides is 2. The van der Waals surface area contributed by atoms with Crippen LogP contribution in [0, 0.1) is 0 Å². The number of carbonyl (C=O) groups is 2. The fraction of sp³-hybridized carbons (Fsp3) is 0.158. The minimum absolute atomic E-state index is 0.248. The van der Waals surface area contributed by atoms with Gasteiger partial charge in [0.1, 0.15) is 0 Å². The fourth-order valence-electron chi connectivity index (χ4n) is 2.59. The molecule has 1 heterocycles. The van der Waals surface area contributed by atoms with E-state index in [-0.39, 0.29) is 17.6 Å². The zero-order valence-corrected chi connectivity index (χ0v) is 15.7. The number of rotatable bonds is 5. The second-order valence-corrected chi connectivity index (χ2v) is 7.21. The van der Waals surface area contributed by atoms with Crippen molar-refractivity contribution in [2.24, 2.45) is 7.05 Å². The molecule has 134 valence electrons. The summed E-state index contributed by atoms with van der Waals surface area (Å²) in [6.07, 6.45) is 1.75. The van der Waals surface area contributed by atoms with Gasteiger partial charge in [-0.3, -0.25) is 20.4 Å². The van der Waals surface area contributed by atoms with E-state index in [2.05, 4.69) is 10.9 Å². The third kappa shape index (κ3) is 4.39. The minimum atomic E-state index is -0.335. The fourth-order valence-corrected chi connectivity index (χ4v) is 3.51. The Balaban J connectivity index is 1.49. The maximum atomic E-state index is 12.3. The highest BCUT2D eigenvalue weighted by molar-refractivity contribution is 7.99. The van der Waals surface area contributed by atoms with Gasteiger partial charge in [-0.15, -0.1) is 11.8 Å². The molecular formula is C19H18ClN3O2S. The topological polar surface area (TPSA) is 63.1 Å². The molecule has 3 rings (SSSR count). The van der Waals surface area contributed by atoms with Crippen LogP contribution < -0.4 is 10.9 Å². The Bertz CT molecular complexity index is 938. The lowest BCUT2D eigenvalue weighted by atomic mass is 10.2. The monoisotopic (exact) mass is 387 g/mol. The molecule has 0 unspecified atom stereocenters. The maximum absolute atomic E-state index is 12.3. The van der Waals surface area contributed by atoms with Gasteiger partial charge in [-0.25, -0.2) is 0 Å². The molecule has 1 aromatic heterocycles. The summed E-state index contributed by atoms with van der Waals surface area (Å²) in [7, 11) is 1.88. The lowest BCUT2D eigenvalue weighted by Gasteiger charge is -2.07. The molecule has 0 radical (unpaired) electrons. The van der Waals surface area contributed by atoms with Gasteiger partial charge in [0.2, 0.25) is 5.91 Å². The number of benzene rings is 2. The molecule has 2 aromatic carbocycles. The van der Waals surface area contributed by atoms with E-state index in [1.54, 1.807) is 6.20 Å². The zero-order valence-electron chi connectivity index (χ0n) is 14.2. The van der Waals surface area contributed by atoms with E-state index in [9.17, 15) is 9.59 Å². The summed E-state index contributed by atoms with van der Waals surface area (Å²) in [5.41, 5.74) is 7.51. The number of carbonyl (C=O) groups excluding carboxylic acids is 2. The van der Waals surface area contributed by atoms with Crippen LogP contribution in [0.15, 0.2) is 54.7 Å². The van der Waals surface area contributed by atoms with Gasteiger partial charge in [-0.1, -0.05) is 41.9 Å². The highest BCUT2D eigenvalue weighted by atomic mass is 35.5. The smallest absolute Gasteiger partial charge is 0.271 e. The van der Waals surface area contributed by atoms with E-state index >= 15 is 0 Å². The summed E-state index contributed by atoms with van der Waals surface area (Å²) in [5.74, 6) is 0.357. The van der Waals surface area contributed by atoms with Crippen molar-refractivity contribution in [1.29, 1.82) is 0 Å². The van der Waals surface area contributed by atoms with E-state index in [1.165, 1.54) is 11.8 Å². The number of aryl methyl sites for hydroxylation is 1. The molecule has 0 aliphatic rings. The maximum Gasteiger partial charge on any atom is 0.271 e. The van der Waals surface area contributed by atoms with Crippen LogP contribution in [-0.4, -0.2) is 22.1 Å². The molecule has 5 nitrogen and oxygen atoms in total. The number of halogens is 1. The van der Waals surface area contributed by atoms with Crippen molar-refractivity contribution in [2.75, 3.05) is 5.75 Å². The molecule has 0 aliphatic heterocycles. The average Bonchev–Trinajstić information content (AvgIpc) is 2.99. The standard InChI is InChI=1S/C19H18ClN3O2S/c1-23-10-16(15-4-2-3-5-17(15)23)19(25)22-21-18(24)12-26-11-13-6-8-14(20)9-7-13/h2-10H,11-12H2,1H3,(H,21,24)(H,22,25). The molecule has 0 aliphatic carbocycles. The Morgan fingerprint density at radius 2 is 1.81 bits per heavy atom. The first kappa shape index (κ1) is 18.4. The number of aromatic nitrogens is 1. The first-order valence-electron chi connectivity index (χ1n) is 8.00. The predicted molar refractivity (Wildman–Crippen MR) is 106 cm³/mol. The van der Waals surface area contributed by atoms with Crippen molar-refractivity contribution >= 4 is 46.1 Å². The zero-order chi connectivity index (χ0) is 18.5. The van der Waals surface area contributed by atoms with Crippen LogP contribution in [0.4, 0.5) is 0 Å². The average molecular weight is 388 g/mol. The van der Waals surface area contributed by atoms with Crippen LogP contribution in [-0.2, 0) is 17.6 Å². The number of nitrogens with one attached hydrogen (secondary N) is 2. The first-order chi connectivity index (χ1) is 12.5. The number of thioether (sulfide) groups is 1. The second-order valence-electron chi connectivity index (χ2n) is 5.79. The van der Waals surface area contributed by atoms with E-state index in [0.29, 0.717) is 16.3 Å². The Labute approximate surface area is 160 Å². The highest BCUT2D eigenvalue weighted by Crippen LogP contribution is 2.20. The predicted octanol–water partition coefficient (Wildman–Crippen LogP) is 3.53. The van der Waals surface area contributed by atoms with Crippen molar-refractivity contribution in [3.05, 3.63) is 70.9 Å². The molecule has 0 saturated carbocycles. The van der Waals surface area contributed by atoms with E-state index in [4.69, 9.17) is 11.6 Å². The quantitative estimate of drug-likeness (QED) is 0.658. The number of hydrazine groups is 1. The van der Waals surface area contributed by atoms with Crippen molar-refractivity contribution in [3.8, 4) is 0 Å². The number of nitrogens with zero attached hydrogens (tertiary/aromatic N) is 1. The molecule has 26 heavy (non-hydrogen) atoms. The number of hydrogen-bond acceptors (Lipinski definition) is 3. The molecule has 0 fully saturated rings. The molecule has 2 N–H and O–H groups in total. The van der Waals surface area contributed by atoms with Crippen LogP contribution in [0.5, 0.6) is 0 Å². The van der Waals surface area contributed by atoms with Crippen LogP contribution in [0.2, 0.25) is 5.02 Å². The van der Waals surface area contributed by atoms with Crippen molar-refractivity contribution in [3.63, 3.8) is 0 Å². The molecule has 0 atom stereocenters. The molecule has 7 heteroatoms. The van der Waals surface area contributed by atoms with Gasteiger partial charge in [0, 0.05) is 34.9 Å². The largest absolute Gasteiger partial charge is 0.350 e. The number of fused-ring (bicyclic) bond motifs is 1. The summed E-state index contributed by atoms with van der Waals surface area (Å²) >= 11 is 7.31.